The van der Waals surface area contributed by atoms with Gasteiger partial charge in [-0.25, -0.2) is 0 Å². The maximum absolute atomic E-state index is 8.85. The van der Waals surface area contributed by atoms with E-state index < -0.39 is 0 Å². The quantitative estimate of drug-likeness (QED) is 0.526. The molecule has 0 aliphatic carbocycles. The van der Waals surface area contributed by atoms with Crippen molar-refractivity contribution in [3.63, 3.8) is 0 Å². The molecule has 1 aliphatic rings. The van der Waals surface area contributed by atoms with Crippen molar-refractivity contribution in [2.75, 3.05) is 6.54 Å². The van der Waals surface area contributed by atoms with E-state index in [1.54, 1.807) is 0 Å². The first kappa shape index (κ1) is 6.27. The van der Waals surface area contributed by atoms with Crippen molar-refractivity contribution in [1.29, 1.82) is 0 Å². The minimum absolute atomic E-state index is 0.231. The Labute approximate surface area is 56.6 Å². The van der Waals surface area contributed by atoms with Crippen LogP contribution in [0.5, 0.6) is 0 Å². The van der Waals surface area contributed by atoms with Crippen LogP contribution in [0.4, 0.5) is 0 Å². The van der Waals surface area contributed by atoms with Gasteiger partial charge in [-0.2, -0.15) is 0 Å². The molecule has 0 amide bonds. The molecule has 8 heavy (non-hydrogen) atoms. The van der Waals surface area contributed by atoms with E-state index in [0.29, 0.717) is 4.60 Å². The van der Waals surface area contributed by atoms with Gasteiger partial charge in [0.2, 0.25) is 0 Å². The van der Waals surface area contributed by atoms with Gasteiger partial charge in [-0.1, -0.05) is 0 Å². The molecular weight excluding hydrogens is 169 g/mol. The number of hydrogen-bond donors (Lipinski definition) is 2. The molecule has 0 unspecified atom stereocenters. The van der Waals surface area contributed by atoms with Gasteiger partial charge in [0, 0.05) is 0 Å². The summed E-state index contributed by atoms with van der Waals surface area (Å²) < 4.78 is 0.405. The maximum atomic E-state index is 8.85. The zero-order valence-electron chi connectivity index (χ0n) is 4.55. The van der Waals surface area contributed by atoms with Gasteiger partial charge >= 0.3 is 56.0 Å². The topological polar surface area (TPSA) is 32.3 Å². The number of aliphatic hydroxyl groups is 1. The van der Waals surface area contributed by atoms with Gasteiger partial charge in [0.1, 0.15) is 0 Å². The Morgan fingerprint density at radius 2 is 2.50 bits per heavy atom. The summed E-state index contributed by atoms with van der Waals surface area (Å²) in [5, 5.41) is 12.0. The predicted octanol–water partition coefficient (Wildman–Crippen LogP) is -0.591. The summed E-state index contributed by atoms with van der Waals surface area (Å²) in [5.74, 6) is 0. The van der Waals surface area contributed by atoms with E-state index in [1.807, 2.05) is 0 Å². The summed E-state index contributed by atoms with van der Waals surface area (Å²) in [4.78, 5) is 0. The van der Waals surface area contributed by atoms with Crippen molar-refractivity contribution in [3.05, 3.63) is 0 Å². The van der Waals surface area contributed by atoms with Gasteiger partial charge in [-0.15, -0.1) is 0 Å². The van der Waals surface area contributed by atoms with E-state index >= 15 is 0 Å². The molecule has 3 heteroatoms. The molecule has 0 aromatic rings. The molecule has 0 spiro atoms. The molecule has 1 saturated heterocycles. The average Bonchev–Trinajstić information content (AvgIpc) is 2.12. The van der Waals surface area contributed by atoms with Crippen LogP contribution in [0.25, 0.3) is 0 Å². The second-order valence-electron chi connectivity index (χ2n) is 1.99. The Bertz CT molecular complexity index is 98.6. The Balaban J connectivity index is 2.35. The van der Waals surface area contributed by atoms with Crippen LogP contribution in [-0.4, -0.2) is 37.9 Å². The van der Waals surface area contributed by atoms with Crippen LogP contribution >= 0.6 is 0 Å². The molecule has 1 atom stereocenters. The molecule has 0 saturated carbocycles. The van der Waals surface area contributed by atoms with Crippen molar-refractivity contribution in [1.82, 2.24) is 5.32 Å². The van der Waals surface area contributed by atoms with Crippen molar-refractivity contribution in [2.24, 2.45) is 0 Å². The molecule has 1 heterocycles. The summed E-state index contributed by atoms with van der Waals surface area (Å²) >= 11 is 2.59. The Hall–Kier alpha value is 0.149. The normalized spacial score (nSPS) is 28.2. The fourth-order valence-corrected chi connectivity index (χ4v) is 1.32. The third-order valence-corrected chi connectivity index (χ3v) is 1.96. The first-order valence-electron chi connectivity index (χ1n) is 2.77. The molecule has 2 N–H and O–H groups in total. The summed E-state index contributed by atoms with van der Waals surface area (Å²) in [6.45, 7) is 1.04. The molecule has 1 fully saturated rings. The molecule has 0 aromatic carbocycles. The molecule has 1 rings (SSSR count). The van der Waals surface area contributed by atoms with Crippen LogP contribution < -0.4 is 5.32 Å². The zero-order valence-corrected chi connectivity index (χ0v) is 6.27. The predicted molar refractivity (Wildman–Crippen MR) is 33.7 cm³/mol. The van der Waals surface area contributed by atoms with Gasteiger partial charge in [-0.3, -0.25) is 0 Å². The Kier molecular flexibility index (Phi) is 2.06. The summed E-state index contributed by atoms with van der Waals surface area (Å²) in [7, 11) is 0. The number of nitrogens with one attached hydrogen (secondary N) is 1. The van der Waals surface area contributed by atoms with Crippen LogP contribution in [0.2, 0.25) is 0 Å². The van der Waals surface area contributed by atoms with Crippen LogP contribution in [0, 0.1) is 0 Å². The summed E-state index contributed by atoms with van der Waals surface area (Å²) in [6.07, 6.45) is 2.25. The van der Waals surface area contributed by atoms with Crippen LogP contribution in [-0.2, 0) is 0 Å². The van der Waals surface area contributed by atoms with Gasteiger partial charge in [0.15, 0.2) is 0 Å². The van der Waals surface area contributed by atoms with Crippen LogP contribution in [0.15, 0.2) is 0 Å². The standard InChI is InChI=1S/C5H9NOSe/c7-5(8)4-2-1-3-6-4/h4,6H,1-3H2,(H,7,8)/t4-/m0/s1. The van der Waals surface area contributed by atoms with E-state index in [-0.39, 0.29) is 6.04 Å². The fraction of sp³-hybridized carbons (Fsp3) is 0.800. The first-order chi connectivity index (χ1) is 3.80. The third-order valence-electron chi connectivity index (χ3n) is 1.36. The SMILES string of the molecule is OC(=[Se])[C@@H]1CCCN1. The second-order valence-corrected chi connectivity index (χ2v) is 2.86. The van der Waals surface area contributed by atoms with Gasteiger partial charge in [-0.05, 0) is 0 Å². The van der Waals surface area contributed by atoms with Crippen LogP contribution in [0.1, 0.15) is 12.8 Å². The van der Waals surface area contributed by atoms with Gasteiger partial charge in [0.25, 0.3) is 0 Å². The number of rotatable bonds is 1. The summed E-state index contributed by atoms with van der Waals surface area (Å²) in [5.41, 5.74) is 0. The van der Waals surface area contributed by atoms with Gasteiger partial charge in [0.05, 0.1) is 0 Å². The molecule has 0 aromatic heterocycles. The molecule has 0 bridgehead atoms. The fourth-order valence-electron chi connectivity index (χ4n) is 0.895. The molecule has 0 radical (unpaired) electrons. The van der Waals surface area contributed by atoms with Crippen molar-refractivity contribution in [2.45, 2.75) is 18.9 Å². The molecule has 1 aliphatic heterocycles. The average molecular weight is 178 g/mol. The van der Waals surface area contributed by atoms with Crippen molar-refractivity contribution in [3.8, 4) is 0 Å². The zero-order chi connectivity index (χ0) is 5.98. The van der Waals surface area contributed by atoms with E-state index in [0.717, 1.165) is 13.0 Å². The van der Waals surface area contributed by atoms with E-state index in [4.69, 9.17) is 5.11 Å². The third kappa shape index (κ3) is 1.31. The first-order valence-corrected chi connectivity index (χ1v) is 3.62. The number of aliphatic hydroxyl groups excluding tert-OH is 1. The Morgan fingerprint density at radius 1 is 1.75 bits per heavy atom. The van der Waals surface area contributed by atoms with E-state index in [1.165, 1.54) is 6.42 Å². The molecule has 46 valence electrons. The molecule has 2 nitrogen and oxygen atoms in total. The van der Waals surface area contributed by atoms with Crippen LogP contribution in [0.3, 0.4) is 0 Å². The second kappa shape index (κ2) is 2.62. The number of hydrogen-bond acceptors (Lipinski definition) is 2. The molecular formula is C5H9NOSe. The van der Waals surface area contributed by atoms with Crippen molar-refractivity contribution >= 4 is 20.2 Å². The summed E-state index contributed by atoms with van der Waals surface area (Å²) in [6, 6.07) is 0.231. The van der Waals surface area contributed by atoms with E-state index in [2.05, 4.69) is 20.9 Å². The monoisotopic (exact) mass is 179 g/mol. The van der Waals surface area contributed by atoms with Gasteiger partial charge < -0.3 is 0 Å². The minimum atomic E-state index is 0.231. The Morgan fingerprint density at radius 3 is 2.75 bits per heavy atom. The van der Waals surface area contributed by atoms with Crippen molar-refractivity contribution < 1.29 is 5.11 Å². The van der Waals surface area contributed by atoms with E-state index in [9.17, 15) is 0 Å².